The molecule has 1 N–H and O–H groups in total. The second-order valence-corrected chi connectivity index (χ2v) is 4.92. The molecule has 1 unspecified atom stereocenters. The van der Waals surface area contributed by atoms with Crippen molar-refractivity contribution in [3.05, 3.63) is 28.0 Å². The Balaban J connectivity index is 2.92. The number of hydrogen-bond donors (Lipinski definition) is 1. The molecule has 0 amide bonds. The number of anilines is 1. The Morgan fingerprint density at radius 2 is 2.00 bits per heavy atom. The summed E-state index contributed by atoms with van der Waals surface area (Å²) in [7, 11) is 1.32. The molecule has 0 fully saturated rings. The molecule has 0 aliphatic carbocycles. The Bertz CT molecular complexity index is 431. The summed E-state index contributed by atoms with van der Waals surface area (Å²) in [6.07, 6.45) is 2.39. The summed E-state index contributed by atoms with van der Waals surface area (Å²) in [6.45, 7) is 2.02. The molecular weight excluding hydrogens is 292 g/mol. The van der Waals surface area contributed by atoms with Crippen LogP contribution in [0.4, 0.5) is 10.1 Å². The van der Waals surface area contributed by atoms with Crippen molar-refractivity contribution in [2.24, 2.45) is 0 Å². The fraction of sp³-hybridized carbons (Fsp3) is 0.462. The molecule has 1 aromatic carbocycles. The minimum atomic E-state index is -0.551. The fourth-order valence-corrected chi connectivity index (χ4v) is 2.22. The Hall–Kier alpha value is -1.00. The van der Waals surface area contributed by atoms with E-state index in [1.807, 2.05) is 6.92 Å². The van der Waals surface area contributed by atoms with E-state index in [2.05, 4.69) is 5.32 Å². The van der Waals surface area contributed by atoms with Crippen LogP contribution in [0.1, 0.15) is 26.2 Å². The lowest BCUT2D eigenvalue weighted by Gasteiger charge is -2.19. The van der Waals surface area contributed by atoms with Crippen molar-refractivity contribution in [2.75, 3.05) is 12.4 Å². The van der Waals surface area contributed by atoms with E-state index in [9.17, 15) is 9.18 Å². The number of nitrogens with one attached hydrogen (secondary N) is 1. The highest BCUT2D eigenvalue weighted by Crippen LogP contribution is 2.32. The van der Waals surface area contributed by atoms with E-state index >= 15 is 0 Å². The minimum Gasteiger partial charge on any atom is -0.467 e. The number of esters is 1. The molecule has 0 heterocycles. The molecule has 1 rings (SSSR count). The van der Waals surface area contributed by atoms with Crippen LogP contribution in [-0.4, -0.2) is 19.1 Å². The van der Waals surface area contributed by atoms with Gasteiger partial charge in [0.15, 0.2) is 0 Å². The van der Waals surface area contributed by atoms with Crippen molar-refractivity contribution in [1.29, 1.82) is 0 Å². The summed E-state index contributed by atoms with van der Waals surface area (Å²) in [5.41, 5.74) is 0.344. The van der Waals surface area contributed by atoms with E-state index in [4.69, 9.17) is 27.9 Å². The highest BCUT2D eigenvalue weighted by molar-refractivity contribution is 6.39. The lowest BCUT2D eigenvalue weighted by Crippen LogP contribution is -2.30. The normalized spacial score (nSPS) is 12.1. The quantitative estimate of drug-likeness (QED) is 0.797. The maximum Gasteiger partial charge on any atom is 0.328 e. The number of ether oxygens (including phenoxy) is 1. The molecular formula is C13H16Cl2FNO2. The first kappa shape index (κ1) is 16.1. The average Bonchev–Trinajstić information content (AvgIpc) is 2.36. The predicted octanol–water partition coefficient (Wildman–Crippen LogP) is 4.28. The van der Waals surface area contributed by atoms with E-state index in [0.29, 0.717) is 12.1 Å². The van der Waals surface area contributed by atoms with E-state index < -0.39 is 17.8 Å². The molecule has 106 valence electrons. The first-order chi connectivity index (χ1) is 8.99. The molecule has 0 bridgehead atoms. The Labute approximate surface area is 122 Å². The van der Waals surface area contributed by atoms with E-state index in [0.717, 1.165) is 25.0 Å². The van der Waals surface area contributed by atoms with Crippen LogP contribution >= 0.6 is 23.2 Å². The van der Waals surface area contributed by atoms with Crippen molar-refractivity contribution < 1.29 is 13.9 Å². The molecule has 0 saturated heterocycles. The second-order valence-electron chi connectivity index (χ2n) is 4.11. The Morgan fingerprint density at radius 1 is 1.42 bits per heavy atom. The van der Waals surface area contributed by atoms with Crippen LogP contribution in [0.25, 0.3) is 0 Å². The number of carbonyl (C=O) groups is 1. The van der Waals surface area contributed by atoms with E-state index in [1.54, 1.807) is 0 Å². The molecule has 0 aromatic heterocycles. The van der Waals surface area contributed by atoms with E-state index in [1.165, 1.54) is 7.11 Å². The maximum absolute atomic E-state index is 13.1. The Kier molecular flexibility index (Phi) is 6.38. The topological polar surface area (TPSA) is 38.3 Å². The number of halogens is 3. The second kappa shape index (κ2) is 7.56. The van der Waals surface area contributed by atoms with Crippen LogP contribution in [-0.2, 0) is 9.53 Å². The first-order valence-corrected chi connectivity index (χ1v) is 6.74. The summed E-state index contributed by atoms with van der Waals surface area (Å²) in [5, 5.41) is 3.19. The molecule has 6 heteroatoms. The zero-order chi connectivity index (χ0) is 14.4. The van der Waals surface area contributed by atoms with Gasteiger partial charge in [-0.05, 0) is 18.6 Å². The monoisotopic (exact) mass is 307 g/mol. The van der Waals surface area contributed by atoms with Gasteiger partial charge in [-0.2, -0.15) is 0 Å². The van der Waals surface area contributed by atoms with Gasteiger partial charge in [-0.3, -0.25) is 0 Å². The van der Waals surface area contributed by atoms with Crippen LogP contribution in [0.15, 0.2) is 12.1 Å². The lowest BCUT2D eigenvalue weighted by atomic mass is 10.1. The SMILES string of the molecule is CCCCC(Nc1c(Cl)cc(F)cc1Cl)C(=O)OC. The molecule has 19 heavy (non-hydrogen) atoms. The van der Waals surface area contributed by atoms with Crippen LogP contribution in [0.2, 0.25) is 10.0 Å². The van der Waals surface area contributed by atoms with Crippen molar-refractivity contribution in [2.45, 2.75) is 32.2 Å². The average molecular weight is 308 g/mol. The van der Waals surface area contributed by atoms with Gasteiger partial charge in [0.05, 0.1) is 22.8 Å². The minimum absolute atomic E-state index is 0.135. The van der Waals surface area contributed by atoms with Gasteiger partial charge in [0.1, 0.15) is 11.9 Å². The van der Waals surface area contributed by atoms with Gasteiger partial charge in [0, 0.05) is 0 Å². The molecule has 1 atom stereocenters. The molecule has 3 nitrogen and oxygen atoms in total. The summed E-state index contributed by atoms with van der Waals surface area (Å²) in [5.74, 6) is -0.923. The van der Waals surface area contributed by atoms with Crippen molar-refractivity contribution >= 4 is 34.9 Å². The lowest BCUT2D eigenvalue weighted by molar-refractivity contribution is -0.141. The molecule has 0 saturated carbocycles. The van der Waals surface area contributed by atoms with Gasteiger partial charge in [-0.25, -0.2) is 9.18 Å². The highest BCUT2D eigenvalue weighted by Gasteiger charge is 2.21. The van der Waals surface area contributed by atoms with Crippen LogP contribution in [0.3, 0.4) is 0 Å². The number of carbonyl (C=O) groups excluding carboxylic acids is 1. The molecule has 1 aromatic rings. The molecule has 0 aliphatic rings. The Morgan fingerprint density at radius 3 is 2.47 bits per heavy atom. The van der Waals surface area contributed by atoms with Gasteiger partial charge in [-0.1, -0.05) is 43.0 Å². The van der Waals surface area contributed by atoms with Crippen molar-refractivity contribution in [3.63, 3.8) is 0 Å². The van der Waals surface area contributed by atoms with Crippen LogP contribution < -0.4 is 5.32 Å². The summed E-state index contributed by atoms with van der Waals surface area (Å²) < 4.78 is 17.8. The third-order valence-electron chi connectivity index (χ3n) is 2.66. The molecule has 0 spiro atoms. The maximum atomic E-state index is 13.1. The van der Waals surface area contributed by atoms with Crippen molar-refractivity contribution in [3.8, 4) is 0 Å². The first-order valence-electron chi connectivity index (χ1n) is 5.98. The zero-order valence-corrected chi connectivity index (χ0v) is 12.3. The third kappa shape index (κ3) is 4.55. The zero-order valence-electron chi connectivity index (χ0n) is 10.8. The number of methoxy groups -OCH3 is 1. The smallest absolute Gasteiger partial charge is 0.328 e. The number of hydrogen-bond acceptors (Lipinski definition) is 3. The van der Waals surface area contributed by atoms with Gasteiger partial charge in [0.2, 0.25) is 0 Å². The number of benzene rings is 1. The largest absolute Gasteiger partial charge is 0.467 e. The van der Waals surface area contributed by atoms with Crippen molar-refractivity contribution in [1.82, 2.24) is 0 Å². The summed E-state index contributed by atoms with van der Waals surface area (Å²) in [6, 6.07) is 1.74. The molecule has 0 radical (unpaired) electrons. The fourth-order valence-electron chi connectivity index (χ4n) is 1.65. The number of unbranched alkanes of at least 4 members (excludes halogenated alkanes) is 1. The standard InChI is InChI=1S/C13H16Cl2FNO2/c1-3-4-5-11(13(18)19-2)17-12-9(14)6-8(16)7-10(12)15/h6-7,11,17H,3-5H2,1-2H3. The summed E-state index contributed by atoms with van der Waals surface area (Å²) >= 11 is 11.8. The van der Waals surface area contributed by atoms with Gasteiger partial charge in [0.25, 0.3) is 0 Å². The van der Waals surface area contributed by atoms with Crippen LogP contribution in [0.5, 0.6) is 0 Å². The summed E-state index contributed by atoms with van der Waals surface area (Å²) in [4.78, 5) is 11.7. The van der Waals surface area contributed by atoms with Crippen LogP contribution in [0, 0.1) is 5.82 Å². The van der Waals surface area contributed by atoms with E-state index in [-0.39, 0.29) is 10.0 Å². The highest BCUT2D eigenvalue weighted by atomic mass is 35.5. The predicted molar refractivity (Wildman–Crippen MR) is 75.4 cm³/mol. The third-order valence-corrected chi connectivity index (χ3v) is 3.25. The molecule has 0 aliphatic heterocycles. The number of rotatable bonds is 6. The van der Waals surface area contributed by atoms with Gasteiger partial charge in [-0.15, -0.1) is 0 Å². The van der Waals surface area contributed by atoms with Gasteiger partial charge >= 0.3 is 5.97 Å². The van der Waals surface area contributed by atoms with Gasteiger partial charge < -0.3 is 10.1 Å².